The summed E-state index contributed by atoms with van der Waals surface area (Å²) in [4.78, 5) is 12.7. The van der Waals surface area contributed by atoms with Crippen LogP contribution in [0, 0.1) is 0 Å². The molecular weight excluding hydrogens is 392 g/mol. The van der Waals surface area contributed by atoms with Crippen molar-refractivity contribution in [2.45, 2.75) is 37.5 Å². The van der Waals surface area contributed by atoms with Gasteiger partial charge >= 0.3 is 0 Å². The van der Waals surface area contributed by atoms with Gasteiger partial charge < -0.3 is 5.32 Å². The molecule has 1 amide bonds. The maximum Gasteiger partial charge on any atom is 0.251 e. The summed E-state index contributed by atoms with van der Waals surface area (Å²) in [5.74, 6) is 0.768. The fraction of sp³-hybridized carbons (Fsp3) is 0.381. The molecule has 5 nitrogen and oxygen atoms in total. The van der Waals surface area contributed by atoms with E-state index in [1.165, 1.54) is 9.87 Å². The van der Waals surface area contributed by atoms with Crippen LogP contribution in [-0.4, -0.2) is 38.0 Å². The Balaban J connectivity index is 2.08. The molecule has 1 atom stereocenters. The Morgan fingerprint density at radius 3 is 2.11 bits per heavy atom. The van der Waals surface area contributed by atoms with Crippen LogP contribution in [0.1, 0.15) is 48.3 Å². The largest absolute Gasteiger partial charge is 0.346 e. The van der Waals surface area contributed by atoms with E-state index >= 15 is 0 Å². The molecule has 0 spiro atoms. The Labute approximate surface area is 172 Å². The van der Waals surface area contributed by atoms with E-state index in [1.54, 1.807) is 36.0 Å². The van der Waals surface area contributed by atoms with Crippen molar-refractivity contribution in [3.63, 3.8) is 0 Å². The van der Waals surface area contributed by atoms with Gasteiger partial charge in [0.25, 0.3) is 5.91 Å². The molecule has 0 fully saturated rings. The van der Waals surface area contributed by atoms with Gasteiger partial charge in [0.1, 0.15) is 0 Å². The monoisotopic (exact) mass is 420 g/mol. The Kier molecular flexibility index (Phi) is 8.10. The van der Waals surface area contributed by atoms with E-state index in [2.05, 4.69) is 5.32 Å². The molecule has 0 saturated carbocycles. The highest BCUT2D eigenvalue weighted by Crippen LogP contribution is 2.20. The molecule has 0 radical (unpaired) electrons. The first-order chi connectivity index (χ1) is 13.3. The number of rotatable bonds is 9. The second-order valence-corrected chi connectivity index (χ2v) is 9.29. The SMILES string of the molecule is CCN(CC)S(=O)(=O)c1ccc([C@@H](C)NC(=O)c2ccc(CSC)cc2)cc1. The fourth-order valence-corrected chi connectivity index (χ4v) is 4.91. The van der Waals surface area contributed by atoms with Crippen molar-refractivity contribution in [1.82, 2.24) is 9.62 Å². The van der Waals surface area contributed by atoms with Crippen molar-refractivity contribution in [1.29, 1.82) is 0 Å². The Morgan fingerprint density at radius 2 is 1.61 bits per heavy atom. The van der Waals surface area contributed by atoms with Crippen LogP contribution < -0.4 is 5.32 Å². The normalized spacial score (nSPS) is 12.8. The van der Waals surface area contributed by atoms with E-state index in [1.807, 2.05) is 51.3 Å². The predicted octanol–water partition coefficient (Wildman–Crippen LogP) is 4.07. The molecule has 0 heterocycles. The Morgan fingerprint density at radius 1 is 1.04 bits per heavy atom. The smallest absolute Gasteiger partial charge is 0.251 e. The Bertz CT molecular complexity index is 875. The third-order valence-electron chi connectivity index (χ3n) is 4.60. The number of thioether (sulfide) groups is 1. The molecule has 2 aromatic carbocycles. The summed E-state index contributed by atoms with van der Waals surface area (Å²) in [5, 5.41) is 2.96. The fourth-order valence-electron chi connectivity index (χ4n) is 2.92. The van der Waals surface area contributed by atoms with Gasteiger partial charge in [0.05, 0.1) is 10.9 Å². The lowest BCUT2D eigenvalue weighted by molar-refractivity contribution is 0.0940. The molecule has 0 unspecified atom stereocenters. The zero-order valence-electron chi connectivity index (χ0n) is 16.8. The highest BCUT2D eigenvalue weighted by Gasteiger charge is 2.21. The maximum absolute atomic E-state index is 12.6. The number of nitrogens with zero attached hydrogens (tertiary/aromatic N) is 1. The number of hydrogen-bond acceptors (Lipinski definition) is 4. The molecule has 1 N–H and O–H groups in total. The van der Waals surface area contributed by atoms with Crippen LogP contribution in [0.3, 0.4) is 0 Å². The first-order valence-electron chi connectivity index (χ1n) is 9.32. The van der Waals surface area contributed by atoms with E-state index in [4.69, 9.17) is 0 Å². The number of amides is 1. The van der Waals surface area contributed by atoms with Crippen LogP contribution in [0.25, 0.3) is 0 Å². The molecule has 7 heteroatoms. The van der Waals surface area contributed by atoms with Gasteiger partial charge in [0.15, 0.2) is 0 Å². The maximum atomic E-state index is 12.6. The van der Waals surface area contributed by atoms with Crippen molar-refractivity contribution in [3.8, 4) is 0 Å². The van der Waals surface area contributed by atoms with Crippen LogP contribution in [0.15, 0.2) is 53.4 Å². The molecule has 152 valence electrons. The average molecular weight is 421 g/mol. The first-order valence-corrected chi connectivity index (χ1v) is 12.2. The van der Waals surface area contributed by atoms with Crippen LogP contribution >= 0.6 is 11.8 Å². The molecular formula is C21H28N2O3S2. The van der Waals surface area contributed by atoms with Crippen molar-refractivity contribution >= 4 is 27.7 Å². The number of benzene rings is 2. The van der Waals surface area contributed by atoms with E-state index in [0.717, 1.165) is 11.3 Å². The van der Waals surface area contributed by atoms with Crippen LogP contribution in [0.2, 0.25) is 0 Å². The van der Waals surface area contributed by atoms with Gasteiger partial charge in [-0.05, 0) is 48.6 Å². The summed E-state index contributed by atoms with van der Waals surface area (Å²) in [5.41, 5.74) is 2.64. The van der Waals surface area contributed by atoms with Crippen molar-refractivity contribution in [2.75, 3.05) is 19.3 Å². The molecule has 0 bridgehead atoms. The zero-order chi connectivity index (χ0) is 20.7. The van der Waals surface area contributed by atoms with E-state index in [9.17, 15) is 13.2 Å². The minimum Gasteiger partial charge on any atom is -0.346 e. The number of carbonyl (C=O) groups excluding carboxylic acids is 1. The average Bonchev–Trinajstić information content (AvgIpc) is 2.69. The molecule has 28 heavy (non-hydrogen) atoms. The van der Waals surface area contributed by atoms with Gasteiger partial charge in [-0.2, -0.15) is 16.1 Å². The van der Waals surface area contributed by atoms with Crippen LogP contribution in [-0.2, 0) is 15.8 Å². The summed E-state index contributed by atoms with van der Waals surface area (Å²) >= 11 is 1.74. The minimum atomic E-state index is -3.47. The van der Waals surface area contributed by atoms with Crippen LogP contribution in [0.5, 0.6) is 0 Å². The lowest BCUT2D eigenvalue weighted by Crippen LogP contribution is -2.30. The lowest BCUT2D eigenvalue weighted by Gasteiger charge is -2.19. The molecule has 0 aliphatic heterocycles. The first kappa shape index (κ1) is 22.5. The summed E-state index contributed by atoms with van der Waals surface area (Å²) in [6, 6.07) is 14.0. The quantitative estimate of drug-likeness (QED) is 0.664. The summed E-state index contributed by atoms with van der Waals surface area (Å²) in [7, 11) is -3.47. The number of nitrogens with one attached hydrogen (secondary N) is 1. The molecule has 0 aliphatic rings. The van der Waals surface area contributed by atoms with Crippen molar-refractivity contribution in [3.05, 3.63) is 65.2 Å². The summed E-state index contributed by atoms with van der Waals surface area (Å²) in [6.45, 7) is 6.39. The van der Waals surface area contributed by atoms with Crippen molar-refractivity contribution in [2.24, 2.45) is 0 Å². The summed E-state index contributed by atoms with van der Waals surface area (Å²) in [6.07, 6.45) is 2.04. The molecule has 2 aromatic rings. The van der Waals surface area contributed by atoms with Gasteiger partial charge in [0.2, 0.25) is 10.0 Å². The zero-order valence-corrected chi connectivity index (χ0v) is 18.4. The predicted molar refractivity (Wildman–Crippen MR) is 116 cm³/mol. The topological polar surface area (TPSA) is 66.5 Å². The third-order valence-corrected chi connectivity index (χ3v) is 7.28. The summed E-state index contributed by atoms with van der Waals surface area (Å²) < 4.78 is 26.6. The highest BCUT2D eigenvalue weighted by molar-refractivity contribution is 7.97. The lowest BCUT2D eigenvalue weighted by atomic mass is 10.1. The molecule has 0 aliphatic carbocycles. The van der Waals surface area contributed by atoms with E-state index < -0.39 is 10.0 Å². The molecule has 0 aromatic heterocycles. The number of sulfonamides is 1. The minimum absolute atomic E-state index is 0.150. The third kappa shape index (κ3) is 5.37. The molecule has 0 saturated heterocycles. The van der Waals surface area contributed by atoms with Gasteiger partial charge in [-0.25, -0.2) is 8.42 Å². The Hall–Kier alpha value is -1.83. The van der Waals surface area contributed by atoms with E-state index in [-0.39, 0.29) is 16.8 Å². The second-order valence-electron chi connectivity index (χ2n) is 6.48. The van der Waals surface area contributed by atoms with E-state index in [0.29, 0.717) is 18.7 Å². The van der Waals surface area contributed by atoms with Crippen LogP contribution in [0.4, 0.5) is 0 Å². The van der Waals surface area contributed by atoms with Gasteiger partial charge in [-0.15, -0.1) is 0 Å². The molecule has 2 rings (SSSR count). The van der Waals surface area contributed by atoms with Gasteiger partial charge in [0, 0.05) is 24.4 Å². The number of carbonyl (C=O) groups is 1. The highest BCUT2D eigenvalue weighted by atomic mass is 32.2. The standard InChI is InChI=1S/C21H28N2O3S2/c1-5-23(6-2)28(25,26)20-13-11-18(12-14-20)16(3)22-21(24)19-9-7-17(8-10-19)15-27-4/h7-14,16H,5-6,15H2,1-4H3,(H,22,24)/t16-/m1/s1. The number of hydrogen-bond donors (Lipinski definition) is 1. The van der Waals surface area contributed by atoms with Crippen molar-refractivity contribution < 1.29 is 13.2 Å². The second kappa shape index (κ2) is 10.1. The van der Waals surface area contributed by atoms with Gasteiger partial charge in [-0.3, -0.25) is 4.79 Å². The van der Waals surface area contributed by atoms with Gasteiger partial charge in [-0.1, -0.05) is 38.1 Å².